The first-order valence-corrected chi connectivity index (χ1v) is 9.14. The summed E-state index contributed by atoms with van der Waals surface area (Å²) in [5, 5.41) is 10.5. The molecule has 2 atom stereocenters. The van der Waals surface area contributed by atoms with Crippen LogP contribution in [0, 0.1) is 5.82 Å². The predicted octanol–water partition coefficient (Wildman–Crippen LogP) is 2.65. The Labute approximate surface area is 144 Å². The molecule has 5 nitrogen and oxygen atoms in total. The van der Waals surface area contributed by atoms with E-state index in [-0.39, 0.29) is 18.0 Å². The molecule has 3 heterocycles. The molecule has 2 saturated heterocycles. The normalized spacial score (nSPS) is 24.5. The highest BCUT2D eigenvalue weighted by Crippen LogP contribution is 2.27. The molecule has 0 aliphatic carbocycles. The van der Waals surface area contributed by atoms with E-state index in [1.807, 2.05) is 0 Å². The minimum absolute atomic E-state index is 0.116. The Morgan fingerprint density at radius 3 is 2.75 bits per heavy atom. The Kier molecular flexibility index (Phi) is 4.73. The topological polar surface area (TPSA) is 47.5 Å². The number of rotatable bonds is 4. The molecule has 0 radical (unpaired) electrons. The van der Waals surface area contributed by atoms with Crippen LogP contribution in [0.5, 0.6) is 0 Å². The monoisotopic (exact) mass is 349 g/mol. The number of hydrogen-bond donors (Lipinski definition) is 0. The molecule has 4 rings (SSSR count). The van der Waals surface area contributed by atoms with E-state index in [1.54, 1.807) is 23.5 Å². The molecule has 2 aromatic rings. The second kappa shape index (κ2) is 7.13. The lowest BCUT2D eigenvalue weighted by molar-refractivity contribution is -0.0543. The van der Waals surface area contributed by atoms with Crippen LogP contribution in [0.1, 0.15) is 23.4 Å². The van der Waals surface area contributed by atoms with E-state index in [9.17, 15) is 4.39 Å². The van der Waals surface area contributed by atoms with Gasteiger partial charge in [-0.15, -0.1) is 10.2 Å². The Hall–Kier alpha value is -1.57. The van der Waals surface area contributed by atoms with Crippen LogP contribution in [0.25, 0.3) is 0 Å². The molecule has 0 amide bonds. The molecule has 0 saturated carbocycles. The van der Waals surface area contributed by atoms with Crippen LogP contribution in [0.4, 0.5) is 9.52 Å². The summed E-state index contributed by atoms with van der Waals surface area (Å²) in [5.41, 5.74) is 1.04. The highest BCUT2D eigenvalue weighted by molar-refractivity contribution is 7.15. The number of halogens is 1. The molecule has 2 fully saturated rings. The highest BCUT2D eigenvalue weighted by atomic mass is 32.1. The maximum atomic E-state index is 13.0. The van der Waals surface area contributed by atoms with Crippen molar-refractivity contribution in [3.05, 3.63) is 40.7 Å². The zero-order chi connectivity index (χ0) is 16.4. The van der Waals surface area contributed by atoms with E-state index in [0.717, 1.165) is 48.2 Å². The minimum atomic E-state index is -0.217. The van der Waals surface area contributed by atoms with Crippen molar-refractivity contribution in [2.45, 2.75) is 31.5 Å². The molecule has 24 heavy (non-hydrogen) atoms. The second-order valence-corrected chi connectivity index (χ2v) is 7.23. The first kappa shape index (κ1) is 15.9. The van der Waals surface area contributed by atoms with Gasteiger partial charge < -0.3 is 14.4 Å². The predicted molar refractivity (Wildman–Crippen MR) is 90.0 cm³/mol. The lowest BCUT2D eigenvalue weighted by Gasteiger charge is -2.34. The summed E-state index contributed by atoms with van der Waals surface area (Å²) in [6.45, 7) is 3.16. The number of benzene rings is 1. The van der Waals surface area contributed by atoms with Crippen molar-refractivity contribution in [3.8, 4) is 0 Å². The van der Waals surface area contributed by atoms with Crippen LogP contribution in [0.15, 0.2) is 24.3 Å². The van der Waals surface area contributed by atoms with Crippen LogP contribution >= 0.6 is 11.3 Å². The van der Waals surface area contributed by atoms with Crippen LogP contribution in [0.2, 0.25) is 0 Å². The van der Waals surface area contributed by atoms with E-state index < -0.39 is 0 Å². The van der Waals surface area contributed by atoms with Crippen molar-refractivity contribution in [3.63, 3.8) is 0 Å². The average Bonchev–Trinajstić information content (AvgIpc) is 3.29. The van der Waals surface area contributed by atoms with Crippen molar-refractivity contribution in [2.75, 3.05) is 31.2 Å². The third kappa shape index (κ3) is 3.58. The van der Waals surface area contributed by atoms with Gasteiger partial charge in [0.05, 0.1) is 12.7 Å². The second-order valence-electron chi connectivity index (χ2n) is 6.19. The maximum absolute atomic E-state index is 13.0. The van der Waals surface area contributed by atoms with E-state index in [1.165, 1.54) is 12.1 Å². The average molecular weight is 349 g/mol. The lowest BCUT2D eigenvalue weighted by Crippen LogP contribution is -2.47. The summed E-state index contributed by atoms with van der Waals surface area (Å²) in [6, 6.07) is 6.54. The van der Waals surface area contributed by atoms with Gasteiger partial charge in [-0.25, -0.2) is 4.39 Å². The largest absolute Gasteiger partial charge is 0.375 e. The molecule has 2 aliphatic heterocycles. The molecular weight excluding hydrogens is 329 g/mol. The first-order chi connectivity index (χ1) is 11.8. The third-order valence-electron chi connectivity index (χ3n) is 4.47. The summed E-state index contributed by atoms with van der Waals surface area (Å²) in [7, 11) is 0. The van der Waals surface area contributed by atoms with Crippen LogP contribution in [-0.4, -0.2) is 48.7 Å². The van der Waals surface area contributed by atoms with Gasteiger partial charge in [-0.2, -0.15) is 0 Å². The number of aromatic nitrogens is 2. The Morgan fingerprint density at radius 2 is 1.96 bits per heavy atom. The van der Waals surface area contributed by atoms with Crippen LogP contribution in [0.3, 0.4) is 0 Å². The van der Waals surface area contributed by atoms with Crippen molar-refractivity contribution < 1.29 is 13.9 Å². The SMILES string of the molecule is Fc1ccc(Cc2nnc(N3CCO[C@@H]([C@@H]4CCCO4)C3)s2)cc1. The molecule has 128 valence electrons. The molecular formula is C17H20FN3O2S. The molecule has 2 aliphatic rings. The summed E-state index contributed by atoms with van der Waals surface area (Å²) in [4.78, 5) is 2.24. The number of nitrogens with zero attached hydrogens (tertiary/aromatic N) is 3. The fourth-order valence-electron chi connectivity index (χ4n) is 3.19. The molecule has 7 heteroatoms. The Bertz CT molecular complexity index is 673. The van der Waals surface area contributed by atoms with E-state index in [2.05, 4.69) is 15.1 Å². The highest BCUT2D eigenvalue weighted by Gasteiger charge is 2.32. The smallest absolute Gasteiger partial charge is 0.208 e. The fraction of sp³-hybridized carbons (Fsp3) is 0.529. The van der Waals surface area contributed by atoms with Crippen molar-refractivity contribution in [1.82, 2.24) is 10.2 Å². The maximum Gasteiger partial charge on any atom is 0.208 e. The van der Waals surface area contributed by atoms with Crippen molar-refractivity contribution in [2.24, 2.45) is 0 Å². The third-order valence-corrected chi connectivity index (χ3v) is 5.45. The van der Waals surface area contributed by atoms with Crippen LogP contribution < -0.4 is 4.90 Å². The fourth-order valence-corrected chi connectivity index (χ4v) is 4.10. The van der Waals surface area contributed by atoms with Crippen molar-refractivity contribution >= 4 is 16.5 Å². The van der Waals surface area contributed by atoms with Gasteiger partial charge in [-0.3, -0.25) is 0 Å². The zero-order valence-corrected chi connectivity index (χ0v) is 14.2. The van der Waals surface area contributed by atoms with Gasteiger partial charge in [-0.1, -0.05) is 23.5 Å². The quantitative estimate of drug-likeness (QED) is 0.849. The number of anilines is 1. The van der Waals surface area contributed by atoms with Gasteiger partial charge in [0, 0.05) is 26.1 Å². The van der Waals surface area contributed by atoms with Gasteiger partial charge in [0.15, 0.2) is 0 Å². The Morgan fingerprint density at radius 1 is 1.12 bits per heavy atom. The summed E-state index contributed by atoms with van der Waals surface area (Å²) in [5.74, 6) is -0.217. The van der Waals surface area contributed by atoms with Gasteiger partial charge in [0.25, 0.3) is 0 Å². The van der Waals surface area contributed by atoms with E-state index in [4.69, 9.17) is 9.47 Å². The molecule has 0 bridgehead atoms. The van der Waals surface area contributed by atoms with Crippen LogP contribution in [-0.2, 0) is 15.9 Å². The van der Waals surface area contributed by atoms with Gasteiger partial charge in [-0.05, 0) is 30.5 Å². The number of ether oxygens (including phenoxy) is 2. The first-order valence-electron chi connectivity index (χ1n) is 8.33. The van der Waals surface area contributed by atoms with Crippen molar-refractivity contribution in [1.29, 1.82) is 0 Å². The number of hydrogen-bond acceptors (Lipinski definition) is 6. The molecule has 0 spiro atoms. The molecule has 0 unspecified atom stereocenters. The molecule has 0 N–H and O–H groups in total. The summed E-state index contributed by atoms with van der Waals surface area (Å²) >= 11 is 1.60. The molecule has 1 aromatic heterocycles. The van der Waals surface area contributed by atoms with Gasteiger partial charge in [0.1, 0.15) is 16.9 Å². The Balaban J connectivity index is 1.41. The minimum Gasteiger partial charge on any atom is -0.375 e. The molecule has 1 aromatic carbocycles. The summed E-state index contributed by atoms with van der Waals surface area (Å²) < 4.78 is 24.6. The zero-order valence-electron chi connectivity index (χ0n) is 13.4. The lowest BCUT2D eigenvalue weighted by atomic mass is 10.1. The summed E-state index contributed by atoms with van der Waals surface area (Å²) in [6.07, 6.45) is 3.19. The van der Waals surface area contributed by atoms with Gasteiger partial charge in [0.2, 0.25) is 5.13 Å². The standard InChI is InChI=1S/C17H20FN3O2S/c18-13-5-3-12(4-6-13)10-16-19-20-17(24-16)21-7-9-23-15(11-21)14-2-1-8-22-14/h3-6,14-15H,1-2,7-11H2/t14-,15+/m0/s1. The van der Waals surface area contributed by atoms with Gasteiger partial charge >= 0.3 is 0 Å². The van der Waals surface area contributed by atoms with E-state index in [0.29, 0.717) is 13.0 Å². The number of morpholine rings is 1. The van der Waals surface area contributed by atoms with E-state index >= 15 is 0 Å².